The first-order chi connectivity index (χ1) is 9.51. The Morgan fingerprint density at radius 2 is 2.05 bits per heavy atom. The van der Waals surface area contributed by atoms with Gasteiger partial charge in [-0.15, -0.1) is 11.3 Å². The summed E-state index contributed by atoms with van der Waals surface area (Å²) in [6.45, 7) is 0. The molecule has 0 aliphatic carbocycles. The van der Waals surface area contributed by atoms with Crippen molar-refractivity contribution in [3.05, 3.63) is 56.5 Å². The topological polar surface area (TPSA) is 43.4 Å². The number of benzene rings is 1. The predicted molar refractivity (Wildman–Crippen MR) is 74.9 cm³/mol. The molecule has 0 fully saturated rings. The minimum Gasteiger partial charge on any atom is -0.469 e. The SMILES string of the molecule is COC(=O)Cc1ccc(C(=O)c2ccc(F)cc2Cl)s1. The van der Waals surface area contributed by atoms with Crippen LogP contribution in [0.4, 0.5) is 4.39 Å². The molecule has 0 atom stereocenters. The molecule has 1 heterocycles. The molecule has 0 saturated carbocycles. The molecule has 0 radical (unpaired) electrons. The molecule has 0 unspecified atom stereocenters. The Morgan fingerprint density at radius 1 is 1.30 bits per heavy atom. The van der Waals surface area contributed by atoms with Crippen LogP contribution in [0.15, 0.2) is 30.3 Å². The van der Waals surface area contributed by atoms with Gasteiger partial charge in [0, 0.05) is 10.4 Å². The molecule has 0 bridgehead atoms. The van der Waals surface area contributed by atoms with E-state index in [9.17, 15) is 14.0 Å². The highest BCUT2D eigenvalue weighted by Crippen LogP contribution is 2.25. The molecule has 104 valence electrons. The van der Waals surface area contributed by atoms with E-state index in [0.717, 1.165) is 10.9 Å². The molecule has 0 N–H and O–H groups in total. The number of methoxy groups -OCH3 is 1. The van der Waals surface area contributed by atoms with Crippen molar-refractivity contribution in [2.24, 2.45) is 0 Å². The summed E-state index contributed by atoms with van der Waals surface area (Å²) in [6.07, 6.45) is 0.117. The Morgan fingerprint density at radius 3 is 2.70 bits per heavy atom. The first-order valence-electron chi connectivity index (χ1n) is 5.66. The van der Waals surface area contributed by atoms with Crippen molar-refractivity contribution in [1.82, 2.24) is 0 Å². The van der Waals surface area contributed by atoms with Gasteiger partial charge in [0.05, 0.1) is 23.4 Å². The van der Waals surface area contributed by atoms with Crippen molar-refractivity contribution in [3.8, 4) is 0 Å². The number of thiophene rings is 1. The molecule has 6 heteroatoms. The molecule has 2 aromatic rings. The first kappa shape index (κ1) is 14.7. The number of halogens is 2. The zero-order valence-corrected chi connectivity index (χ0v) is 12.1. The molecule has 0 spiro atoms. The summed E-state index contributed by atoms with van der Waals surface area (Å²) in [5.41, 5.74) is 0.236. The van der Waals surface area contributed by atoms with Gasteiger partial charge in [0.2, 0.25) is 5.78 Å². The Kier molecular flexibility index (Phi) is 4.52. The summed E-state index contributed by atoms with van der Waals surface area (Å²) < 4.78 is 17.5. The summed E-state index contributed by atoms with van der Waals surface area (Å²) in [5, 5.41) is 0.0675. The van der Waals surface area contributed by atoms with Crippen LogP contribution in [0, 0.1) is 5.82 Å². The predicted octanol–water partition coefficient (Wildman–Crippen LogP) is 3.49. The van der Waals surface area contributed by atoms with Crippen LogP contribution in [-0.4, -0.2) is 18.9 Å². The van der Waals surface area contributed by atoms with Gasteiger partial charge in [0.25, 0.3) is 0 Å². The number of ketones is 1. The second kappa shape index (κ2) is 6.15. The van der Waals surface area contributed by atoms with E-state index in [-0.39, 0.29) is 28.8 Å². The van der Waals surface area contributed by atoms with Crippen LogP contribution in [0.1, 0.15) is 20.1 Å². The van der Waals surface area contributed by atoms with Crippen LogP contribution >= 0.6 is 22.9 Å². The zero-order valence-electron chi connectivity index (χ0n) is 10.5. The smallest absolute Gasteiger partial charge is 0.310 e. The van der Waals surface area contributed by atoms with Crippen molar-refractivity contribution < 1.29 is 18.7 Å². The van der Waals surface area contributed by atoms with E-state index >= 15 is 0 Å². The Balaban J connectivity index is 2.23. The molecule has 0 amide bonds. The number of ether oxygens (including phenoxy) is 1. The lowest BCUT2D eigenvalue weighted by atomic mass is 10.1. The quantitative estimate of drug-likeness (QED) is 0.641. The van der Waals surface area contributed by atoms with Gasteiger partial charge in [0.1, 0.15) is 5.82 Å². The standard InChI is InChI=1S/C14H10ClFO3S/c1-19-13(17)7-9-3-5-12(20-9)14(18)10-4-2-8(16)6-11(10)15/h2-6H,7H2,1H3. The highest BCUT2D eigenvalue weighted by atomic mass is 35.5. The number of hydrogen-bond donors (Lipinski definition) is 0. The summed E-state index contributed by atoms with van der Waals surface area (Å²) >= 11 is 7.05. The van der Waals surface area contributed by atoms with Gasteiger partial charge in [0.15, 0.2) is 0 Å². The molecular formula is C14H10ClFO3S. The maximum Gasteiger partial charge on any atom is 0.310 e. The van der Waals surface area contributed by atoms with Gasteiger partial charge in [-0.25, -0.2) is 4.39 Å². The second-order valence-electron chi connectivity index (χ2n) is 3.97. The maximum absolute atomic E-state index is 13.0. The normalized spacial score (nSPS) is 10.3. The van der Waals surface area contributed by atoms with Gasteiger partial charge in [-0.05, 0) is 30.3 Å². The average Bonchev–Trinajstić information content (AvgIpc) is 2.86. The third-order valence-corrected chi connectivity index (χ3v) is 4.00. The summed E-state index contributed by atoms with van der Waals surface area (Å²) in [6, 6.07) is 6.93. The highest BCUT2D eigenvalue weighted by Gasteiger charge is 2.16. The number of rotatable bonds is 4. The molecule has 2 rings (SSSR count). The molecule has 0 aliphatic rings. The first-order valence-corrected chi connectivity index (χ1v) is 6.86. The van der Waals surface area contributed by atoms with E-state index in [0.29, 0.717) is 4.88 Å². The minimum absolute atomic E-state index is 0.0675. The van der Waals surface area contributed by atoms with Crippen LogP contribution in [0.25, 0.3) is 0 Å². The third kappa shape index (κ3) is 3.23. The zero-order chi connectivity index (χ0) is 14.7. The third-order valence-electron chi connectivity index (χ3n) is 2.61. The van der Waals surface area contributed by atoms with Crippen LogP contribution in [0.2, 0.25) is 5.02 Å². The lowest BCUT2D eigenvalue weighted by Gasteiger charge is -2.01. The van der Waals surface area contributed by atoms with Gasteiger partial charge >= 0.3 is 5.97 Å². The molecule has 0 aliphatic heterocycles. The monoisotopic (exact) mass is 312 g/mol. The van der Waals surface area contributed by atoms with E-state index in [4.69, 9.17) is 11.6 Å². The molecule has 3 nitrogen and oxygen atoms in total. The van der Waals surface area contributed by atoms with E-state index in [1.165, 1.54) is 30.6 Å². The van der Waals surface area contributed by atoms with Crippen LogP contribution in [-0.2, 0) is 16.0 Å². The fraction of sp³-hybridized carbons (Fsp3) is 0.143. The fourth-order valence-corrected chi connectivity index (χ4v) is 2.82. The van der Waals surface area contributed by atoms with Crippen LogP contribution in [0.5, 0.6) is 0 Å². The Bertz CT molecular complexity index is 666. The summed E-state index contributed by atoms with van der Waals surface area (Å²) in [5.74, 6) is -1.16. The fourth-order valence-electron chi connectivity index (χ4n) is 1.62. The Labute approximate surface area is 123 Å². The number of carbonyl (C=O) groups excluding carboxylic acids is 2. The molecule has 1 aromatic heterocycles. The average molecular weight is 313 g/mol. The number of carbonyl (C=O) groups is 2. The van der Waals surface area contributed by atoms with Gasteiger partial charge in [-0.3, -0.25) is 9.59 Å². The second-order valence-corrected chi connectivity index (χ2v) is 5.55. The van der Waals surface area contributed by atoms with Gasteiger partial charge in [-0.2, -0.15) is 0 Å². The van der Waals surface area contributed by atoms with Crippen molar-refractivity contribution >= 4 is 34.7 Å². The van der Waals surface area contributed by atoms with Crippen molar-refractivity contribution in [2.45, 2.75) is 6.42 Å². The van der Waals surface area contributed by atoms with E-state index in [1.807, 2.05) is 0 Å². The minimum atomic E-state index is -0.496. The van der Waals surface area contributed by atoms with Crippen molar-refractivity contribution in [1.29, 1.82) is 0 Å². The molecular weight excluding hydrogens is 303 g/mol. The Hall–Kier alpha value is -1.72. The number of hydrogen-bond acceptors (Lipinski definition) is 4. The molecule has 20 heavy (non-hydrogen) atoms. The largest absolute Gasteiger partial charge is 0.469 e. The highest BCUT2D eigenvalue weighted by molar-refractivity contribution is 7.14. The summed E-state index contributed by atoms with van der Waals surface area (Å²) in [4.78, 5) is 24.6. The van der Waals surface area contributed by atoms with E-state index in [2.05, 4.69) is 4.74 Å². The maximum atomic E-state index is 13.0. The lowest BCUT2D eigenvalue weighted by Crippen LogP contribution is -2.02. The van der Waals surface area contributed by atoms with Crippen molar-refractivity contribution in [3.63, 3.8) is 0 Å². The van der Waals surface area contributed by atoms with E-state index in [1.54, 1.807) is 12.1 Å². The van der Waals surface area contributed by atoms with Gasteiger partial charge in [-0.1, -0.05) is 11.6 Å². The van der Waals surface area contributed by atoms with Gasteiger partial charge < -0.3 is 4.74 Å². The van der Waals surface area contributed by atoms with Crippen LogP contribution < -0.4 is 0 Å². The molecule has 1 aromatic carbocycles. The molecule has 0 saturated heterocycles. The van der Waals surface area contributed by atoms with Crippen LogP contribution in [0.3, 0.4) is 0 Å². The van der Waals surface area contributed by atoms with E-state index < -0.39 is 5.82 Å². The van der Waals surface area contributed by atoms with Crippen molar-refractivity contribution in [2.75, 3.05) is 7.11 Å². The lowest BCUT2D eigenvalue weighted by molar-refractivity contribution is -0.139. The number of esters is 1. The summed E-state index contributed by atoms with van der Waals surface area (Å²) in [7, 11) is 1.31.